The molecule has 2 aliphatic rings. The number of imidazole rings is 1. The van der Waals surface area contributed by atoms with E-state index in [0.717, 1.165) is 25.9 Å². The van der Waals surface area contributed by atoms with Gasteiger partial charge in [0.05, 0.1) is 6.33 Å². The average molecular weight is 285 g/mol. The number of hydrogen-bond acceptors (Lipinski definition) is 5. The fraction of sp³-hybridized carbons (Fsp3) is 0.727. The molecule has 1 aromatic rings. The van der Waals surface area contributed by atoms with Crippen LogP contribution in [0, 0.1) is 0 Å². The average Bonchev–Trinajstić information content (AvgIpc) is 2.95. The molecular weight excluding hydrogens is 266 g/mol. The van der Waals surface area contributed by atoms with Crippen LogP contribution in [0.15, 0.2) is 11.4 Å². The summed E-state index contributed by atoms with van der Waals surface area (Å²) >= 11 is 0. The minimum Gasteiger partial charge on any atom is -0.381 e. The Balaban J connectivity index is 1.89. The van der Waals surface area contributed by atoms with E-state index in [2.05, 4.69) is 9.88 Å². The van der Waals surface area contributed by atoms with Gasteiger partial charge in [-0.15, -0.1) is 0 Å². The molecule has 2 aliphatic heterocycles. The molecule has 2 saturated heterocycles. The summed E-state index contributed by atoms with van der Waals surface area (Å²) < 4.78 is 28.3. The van der Waals surface area contributed by atoms with Crippen molar-refractivity contribution in [3.05, 3.63) is 6.33 Å². The van der Waals surface area contributed by atoms with E-state index in [9.17, 15) is 8.42 Å². The molecule has 0 saturated carbocycles. The molecule has 3 heterocycles. The molecule has 8 heteroatoms. The molecule has 106 valence electrons. The van der Waals surface area contributed by atoms with Gasteiger partial charge in [-0.05, 0) is 19.4 Å². The molecule has 0 aliphatic carbocycles. The Morgan fingerprint density at radius 1 is 1.37 bits per heavy atom. The molecule has 0 amide bonds. The number of nitrogens with zero attached hydrogens (tertiary/aromatic N) is 4. The monoisotopic (exact) mass is 285 g/mol. The van der Waals surface area contributed by atoms with Crippen molar-refractivity contribution >= 4 is 15.8 Å². The highest BCUT2D eigenvalue weighted by Crippen LogP contribution is 2.27. The van der Waals surface area contributed by atoms with Crippen LogP contribution in [0.1, 0.15) is 12.8 Å². The van der Waals surface area contributed by atoms with Crippen molar-refractivity contribution < 1.29 is 8.42 Å². The van der Waals surface area contributed by atoms with Gasteiger partial charge in [0.15, 0.2) is 10.8 Å². The van der Waals surface area contributed by atoms with Crippen molar-refractivity contribution in [3.8, 4) is 0 Å². The van der Waals surface area contributed by atoms with Gasteiger partial charge in [-0.25, -0.2) is 13.4 Å². The van der Waals surface area contributed by atoms with Gasteiger partial charge in [0.25, 0.3) is 10.0 Å². The van der Waals surface area contributed by atoms with Crippen molar-refractivity contribution in [3.63, 3.8) is 0 Å². The van der Waals surface area contributed by atoms with Crippen molar-refractivity contribution in [2.24, 2.45) is 7.05 Å². The van der Waals surface area contributed by atoms with Crippen LogP contribution < -0.4 is 5.73 Å². The van der Waals surface area contributed by atoms with Crippen molar-refractivity contribution in [2.45, 2.75) is 23.9 Å². The summed E-state index contributed by atoms with van der Waals surface area (Å²) in [5, 5.41) is 0.110. The minimum absolute atomic E-state index is 0.0800. The third-order valence-corrected chi connectivity index (χ3v) is 6.04. The summed E-state index contributed by atoms with van der Waals surface area (Å²) in [4.78, 5) is 6.24. The van der Waals surface area contributed by atoms with E-state index in [1.807, 2.05) is 0 Å². The zero-order valence-corrected chi connectivity index (χ0v) is 11.8. The van der Waals surface area contributed by atoms with E-state index in [1.54, 1.807) is 11.4 Å². The Bertz CT molecular complexity index is 562. The number of sulfonamides is 1. The summed E-state index contributed by atoms with van der Waals surface area (Å²) in [6.07, 6.45) is 3.67. The lowest BCUT2D eigenvalue weighted by Gasteiger charge is -2.36. The van der Waals surface area contributed by atoms with Gasteiger partial charge >= 0.3 is 0 Å². The lowest BCUT2D eigenvalue weighted by atomic mass is 10.2. The lowest BCUT2D eigenvalue weighted by Crippen LogP contribution is -2.52. The molecule has 1 atom stereocenters. The quantitative estimate of drug-likeness (QED) is 0.790. The fourth-order valence-electron chi connectivity index (χ4n) is 3.05. The normalized spacial score (nSPS) is 25.6. The number of fused-ring (bicyclic) bond motifs is 1. The van der Waals surface area contributed by atoms with E-state index in [1.165, 1.54) is 10.9 Å². The van der Waals surface area contributed by atoms with Crippen LogP contribution >= 0.6 is 0 Å². The van der Waals surface area contributed by atoms with E-state index in [-0.39, 0.29) is 10.8 Å². The van der Waals surface area contributed by atoms with Crippen LogP contribution in [-0.4, -0.2) is 59.4 Å². The number of nitrogen functional groups attached to an aromatic ring is 1. The zero-order valence-electron chi connectivity index (χ0n) is 11.0. The van der Waals surface area contributed by atoms with E-state index >= 15 is 0 Å². The second-order valence-corrected chi connectivity index (χ2v) is 7.09. The smallest absolute Gasteiger partial charge is 0.262 e. The van der Waals surface area contributed by atoms with E-state index < -0.39 is 10.0 Å². The van der Waals surface area contributed by atoms with Gasteiger partial charge < -0.3 is 10.3 Å². The second kappa shape index (κ2) is 4.46. The topological polar surface area (TPSA) is 84.5 Å². The number of aryl methyl sites for hydroxylation is 1. The molecule has 0 aromatic carbocycles. The number of nitrogens with two attached hydrogens (primary N) is 1. The van der Waals surface area contributed by atoms with Crippen LogP contribution in [0.25, 0.3) is 0 Å². The van der Waals surface area contributed by atoms with Crippen molar-refractivity contribution in [1.29, 1.82) is 0 Å². The molecule has 0 radical (unpaired) electrons. The molecule has 1 unspecified atom stereocenters. The maximum atomic E-state index is 12.6. The Hall–Kier alpha value is -1.12. The van der Waals surface area contributed by atoms with Crippen LogP contribution in [0.3, 0.4) is 0 Å². The summed E-state index contributed by atoms with van der Waals surface area (Å²) in [5.74, 6) is 0.0800. The first-order valence-electron chi connectivity index (χ1n) is 6.51. The standard InChI is InChI=1S/C11H19N5O2S/c1-14-8-13-10(12)11(14)19(17,18)16-6-5-15-4-2-3-9(15)7-16/h8-9H,2-7,12H2,1H3. The third kappa shape index (κ3) is 2.03. The summed E-state index contributed by atoms with van der Waals surface area (Å²) in [7, 11) is -1.88. The first-order chi connectivity index (χ1) is 9.00. The Kier molecular flexibility index (Phi) is 3.03. The largest absolute Gasteiger partial charge is 0.381 e. The van der Waals surface area contributed by atoms with Gasteiger partial charge in [-0.2, -0.15) is 4.31 Å². The zero-order chi connectivity index (χ0) is 13.6. The first-order valence-corrected chi connectivity index (χ1v) is 7.95. The fourth-order valence-corrected chi connectivity index (χ4v) is 4.72. The van der Waals surface area contributed by atoms with Crippen LogP contribution in [0.4, 0.5) is 5.82 Å². The predicted molar refractivity (Wildman–Crippen MR) is 71.0 cm³/mol. The van der Waals surface area contributed by atoms with Crippen molar-refractivity contribution in [1.82, 2.24) is 18.8 Å². The number of aromatic nitrogens is 2. The van der Waals surface area contributed by atoms with E-state index in [0.29, 0.717) is 19.1 Å². The number of rotatable bonds is 2. The van der Waals surface area contributed by atoms with Gasteiger partial charge in [-0.1, -0.05) is 0 Å². The number of anilines is 1. The van der Waals surface area contributed by atoms with Crippen LogP contribution in [0.5, 0.6) is 0 Å². The number of piperazine rings is 1. The molecule has 1 aromatic heterocycles. The maximum absolute atomic E-state index is 12.6. The number of hydrogen-bond donors (Lipinski definition) is 1. The summed E-state index contributed by atoms with van der Waals surface area (Å²) in [6, 6.07) is 0.359. The van der Waals surface area contributed by atoms with Crippen molar-refractivity contribution in [2.75, 3.05) is 31.9 Å². The van der Waals surface area contributed by atoms with Gasteiger partial charge in [-0.3, -0.25) is 4.90 Å². The molecular formula is C11H19N5O2S. The third-order valence-electron chi connectivity index (χ3n) is 4.04. The summed E-state index contributed by atoms with van der Waals surface area (Å²) in [5.41, 5.74) is 5.69. The summed E-state index contributed by atoms with van der Waals surface area (Å²) in [6.45, 7) is 2.99. The highest BCUT2D eigenvalue weighted by Gasteiger charge is 2.38. The Morgan fingerprint density at radius 2 is 2.16 bits per heavy atom. The Morgan fingerprint density at radius 3 is 2.84 bits per heavy atom. The maximum Gasteiger partial charge on any atom is 0.262 e. The first kappa shape index (κ1) is 12.9. The molecule has 7 nitrogen and oxygen atoms in total. The SMILES string of the molecule is Cn1cnc(N)c1S(=O)(=O)N1CCN2CCCC2C1. The van der Waals surface area contributed by atoms with Gasteiger partial charge in [0.1, 0.15) is 0 Å². The molecule has 2 fully saturated rings. The van der Waals surface area contributed by atoms with Gasteiger partial charge in [0.2, 0.25) is 0 Å². The van der Waals surface area contributed by atoms with Crippen LogP contribution in [-0.2, 0) is 17.1 Å². The molecule has 0 spiro atoms. The highest BCUT2D eigenvalue weighted by atomic mass is 32.2. The predicted octanol–water partition coefficient (Wildman–Crippen LogP) is -0.529. The lowest BCUT2D eigenvalue weighted by molar-refractivity contribution is 0.158. The van der Waals surface area contributed by atoms with E-state index in [4.69, 9.17) is 5.73 Å². The Labute approximate surface area is 113 Å². The highest BCUT2D eigenvalue weighted by molar-refractivity contribution is 7.89. The molecule has 2 N–H and O–H groups in total. The van der Waals surface area contributed by atoms with Crippen LogP contribution in [0.2, 0.25) is 0 Å². The van der Waals surface area contributed by atoms with Gasteiger partial charge in [0, 0.05) is 32.7 Å². The molecule has 0 bridgehead atoms. The molecule has 19 heavy (non-hydrogen) atoms. The minimum atomic E-state index is -3.54. The molecule has 3 rings (SSSR count). The second-order valence-electron chi connectivity index (χ2n) is 5.24.